The van der Waals surface area contributed by atoms with E-state index in [9.17, 15) is 4.79 Å². The summed E-state index contributed by atoms with van der Waals surface area (Å²) in [5.74, 6) is -0.900. The molecule has 0 aromatic heterocycles. The zero-order valence-electron chi connectivity index (χ0n) is 11.6. The van der Waals surface area contributed by atoms with E-state index in [-0.39, 0.29) is 11.8 Å². The first kappa shape index (κ1) is 15.4. The van der Waals surface area contributed by atoms with Gasteiger partial charge in [-0.1, -0.05) is 56.3 Å². The molecular weight excluding hydrogens is 240 g/mol. The summed E-state index contributed by atoms with van der Waals surface area (Å²) in [6, 6.07) is 9.97. The van der Waals surface area contributed by atoms with Crippen molar-refractivity contribution in [2.75, 3.05) is 6.61 Å². The Labute approximate surface area is 114 Å². The molecular formula is C16H22O3. The second kappa shape index (κ2) is 8.48. The topological polar surface area (TPSA) is 46.5 Å². The first-order valence-corrected chi connectivity index (χ1v) is 6.60. The van der Waals surface area contributed by atoms with E-state index in [1.807, 2.05) is 56.3 Å². The van der Waals surface area contributed by atoms with Crippen molar-refractivity contribution in [2.45, 2.75) is 26.9 Å². The van der Waals surface area contributed by atoms with E-state index in [4.69, 9.17) is 9.84 Å². The molecule has 0 saturated heterocycles. The molecule has 3 heteroatoms. The number of ether oxygens (including phenoxy) is 1. The Bertz CT molecular complexity index is 396. The predicted octanol–water partition coefficient (Wildman–Crippen LogP) is 3.51. The molecule has 1 aromatic rings. The van der Waals surface area contributed by atoms with Crippen molar-refractivity contribution in [3.05, 3.63) is 48.0 Å². The lowest BCUT2D eigenvalue weighted by molar-refractivity contribution is -0.143. The van der Waals surface area contributed by atoms with Gasteiger partial charge in [0.25, 0.3) is 0 Å². The third-order valence-electron chi connectivity index (χ3n) is 3.00. The highest BCUT2D eigenvalue weighted by atomic mass is 16.5. The van der Waals surface area contributed by atoms with Gasteiger partial charge in [0.2, 0.25) is 0 Å². The Morgan fingerprint density at radius 3 is 2.53 bits per heavy atom. The Hall–Kier alpha value is -1.61. The molecule has 0 fully saturated rings. The Morgan fingerprint density at radius 2 is 1.95 bits per heavy atom. The molecule has 0 saturated carbocycles. The van der Waals surface area contributed by atoms with Crippen LogP contribution in [0.4, 0.5) is 0 Å². The van der Waals surface area contributed by atoms with Gasteiger partial charge in [0.05, 0.1) is 19.1 Å². The number of carboxylic acid groups (broad SMARTS) is 1. The van der Waals surface area contributed by atoms with E-state index in [0.717, 1.165) is 5.56 Å². The molecule has 19 heavy (non-hydrogen) atoms. The van der Waals surface area contributed by atoms with Gasteiger partial charge < -0.3 is 9.84 Å². The van der Waals surface area contributed by atoms with E-state index in [1.165, 1.54) is 0 Å². The number of hydrogen-bond acceptors (Lipinski definition) is 2. The lowest BCUT2D eigenvalue weighted by atomic mass is 9.93. The minimum absolute atomic E-state index is 0.146. The van der Waals surface area contributed by atoms with Crippen molar-refractivity contribution in [1.29, 1.82) is 0 Å². The largest absolute Gasteiger partial charge is 0.481 e. The summed E-state index contributed by atoms with van der Waals surface area (Å²) in [5, 5.41) is 9.03. The first-order chi connectivity index (χ1) is 9.11. The van der Waals surface area contributed by atoms with Crippen molar-refractivity contribution in [3.8, 4) is 0 Å². The molecule has 0 aliphatic heterocycles. The van der Waals surface area contributed by atoms with Gasteiger partial charge in [-0.2, -0.15) is 0 Å². The molecule has 1 rings (SSSR count). The minimum Gasteiger partial charge on any atom is -0.481 e. The molecule has 0 amide bonds. The third kappa shape index (κ3) is 6.20. The van der Waals surface area contributed by atoms with Gasteiger partial charge >= 0.3 is 5.97 Å². The standard InChI is InChI=1S/C16H22O3/c1-13(2)15(16(17)18)10-6-7-11-19-12-14-8-4-3-5-9-14/h3-9,13,15H,10-12H2,1-2H3,(H,17,18)/t15-/m0/s1. The van der Waals surface area contributed by atoms with Crippen LogP contribution in [0.1, 0.15) is 25.8 Å². The van der Waals surface area contributed by atoms with Crippen LogP contribution in [-0.2, 0) is 16.1 Å². The molecule has 0 spiro atoms. The maximum absolute atomic E-state index is 11.0. The van der Waals surface area contributed by atoms with Crippen LogP contribution in [0.25, 0.3) is 0 Å². The number of carbonyl (C=O) groups is 1. The number of allylic oxidation sites excluding steroid dienone is 1. The van der Waals surface area contributed by atoms with Crippen molar-refractivity contribution < 1.29 is 14.6 Å². The van der Waals surface area contributed by atoms with Gasteiger partial charge in [0.1, 0.15) is 0 Å². The van der Waals surface area contributed by atoms with Crippen LogP contribution in [0, 0.1) is 11.8 Å². The Morgan fingerprint density at radius 1 is 1.26 bits per heavy atom. The number of hydrogen-bond donors (Lipinski definition) is 1. The van der Waals surface area contributed by atoms with E-state index in [2.05, 4.69) is 0 Å². The van der Waals surface area contributed by atoms with E-state index >= 15 is 0 Å². The fraction of sp³-hybridized carbons (Fsp3) is 0.438. The molecule has 0 heterocycles. The fourth-order valence-electron chi connectivity index (χ4n) is 1.79. The second-order valence-electron chi connectivity index (χ2n) is 4.90. The zero-order chi connectivity index (χ0) is 14.1. The maximum atomic E-state index is 11.0. The second-order valence-corrected chi connectivity index (χ2v) is 4.90. The molecule has 0 aliphatic carbocycles. The quantitative estimate of drug-likeness (QED) is 0.576. The zero-order valence-corrected chi connectivity index (χ0v) is 11.6. The Balaban J connectivity index is 2.22. The summed E-state index contributed by atoms with van der Waals surface area (Å²) < 4.78 is 5.49. The molecule has 1 N–H and O–H groups in total. The molecule has 0 bridgehead atoms. The van der Waals surface area contributed by atoms with Crippen molar-refractivity contribution >= 4 is 5.97 Å². The third-order valence-corrected chi connectivity index (χ3v) is 3.00. The number of benzene rings is 1. The van der Waals surface area contributed by atoms with Crippen LogP contribution >= 0.6 is 0 Å². The predicted molar refractivity (Wildman–Crippen MR) is 75.8 cm³/mol. The molecule has 0 radical (unpaired) electrons. The van der Waals surface area contributed by atoms with Gasteiger partial charge in [-0.15, -0.1) is 0 Å². The van der Waals surface area contributed by atoms with E-state index < -0.39 is 5.97 Å². The van der Waals surface area contributed by atoms with Gasteiger partial charge in [0, 0.05) is 0 Å². The van der Waals surface area contributed by atoms with Gasteiger partial charge in [-0.3, -0.25) is 4.79 Å². The van der Waals surface area contributed by atoms with Crippen LogP contribution in [0.5, 0.6) is 0 Å². The SMILES string of the molecule is CC(C)[C@H](CC=CCOCc1ccccc1)C(=O)O. The van der Waals surface area contributed by atoms with Gasteiger partial charge in [-0.25, -0.2) is 0 Å². The molecule has 1 atom stereocenters. The average Bonchev–Trinajstić information content (AvgIpc) is 2.38. The van der Waals surface area contributed by atoms with Gasteiger partial charge in [0.15, 0.2) is 0 Å². The summed E-state index contributed by atoms with van der Waals surface area (Å²) in [5.41, 5.74) is 1.14. The highest BCUT2D eigenvalue weighted by Gasteiger charge is 2.19. The summed E-state index contributed by atoms with van der Waals surface area (Å²) >= 11 is 0. The van der Waals surface area contributed by atoms with Crippen LogP contribution in [0.2, 0.25) is 0 Å². The number of carboxylic acids is 1. The summed E-state index contributed by atoms with van der Waals surface area (Å²) in [6.07, 6.45) is 4.34. The summed E-state index contributed by atoms with van der Waals surface area (Å²) in [7, 11) is 0. The molecule has 1 aromatic carbocycles. The Kier molecular flexibility index (Phi) is 6.90. The highest BCUT2D eigenvalue weighted by molar-refractivity contribution is 5.70. The molecule has 0 aliphatic rings. The maximum Gasteiger partial charge on any atom is 0.307 e. The van der Waals surface area contributed by atoms with Crippen molar-refractivity contribution in [2.24, 2.45) is 11.8 Å². The van der Waals surface area contributed by atoms with Crippen LogP contribution < -0.4 is 0 Å². The first-order valence-electron chi connectivity index (χ1n) is 6.60. The lowest BCUT2D eigenvalue weighted by Gasteiger charge is -2.13. The highest BCUT2D eigenvalue weighted by Crippen LogP contribution is 2.15. The van der Waals surface area contributed by atoms with E-state index in [0.29, 0.717) is 19.6 Å². The molecule has 3 nitrogen and oxygen atoms in total. The van der Waals surface area contributed by atoms with Gasteiger partial charge in [-0.05, 0) is 17.9 Å². The average molecular weight is 262 g/mol. The molecule has 0 unspecified atom stereocenters. The van der Waals surface area contributed by atoms with Crippen LogP contribution in [0.3, 0.4) is 0 Å². The summed E-state index contributed by atoms with van der Waals surface area (Å²) in [4.78, 5) is 11.0. The van der Waals surface area contributed by atoms with Crippen LogP contribution in [-0.4, -0.2) is 17.7 Å². The normalized spacial score (nSPS) is 13.0. The minimum atomic E-state index is -0.732. The van der Waals surface area contributed by atoms with E-state index in [1.54, 1.807) is 0 Å². The number of aliphatic carboxylic acids is 1. The molecule has 104 valence electrons. The number of rotatable bonds is 8. The van der Waals surface area contributed by atoms with Crippen LogP contribution in [0.15, 0.2) is 42.5 Å². The van der Waals surface area contributed by atoms with Crippen molar-refractivity contribution in [1.82, 2.24) is 0 Å². The fourth-order valence-corrected chi connectivity index (χ4v) is 1.79. The lowest BCUT2D eigenvalue weighted by Crippen LogP contribution is -2.18. The summed E-state index contributed by atoms with van der Waals surface area (Å²) in [6.45, 7) is 4.95. The smallest absolute Gasteiger partial charge is 0.307 e. The monoisotopic (exact) mass is 262 g/mol. The van der Waals surface area contributed by atoms with Crippen molar-refractivity contribution in [3.63, 3.8) is 0 Å².